The van der Waals surface area contributed by atoms with Crippen LogP contribution < -0.4 is 0 Å². The Bertz CT molecular complexity index is 328. The lowest BCUT2D eigenvalue weighted by atomic mass is 9.57. The smallest absolute Gasteiger partial charge is 0.109 e. The molecule has 1 N–H and O–H groups in total. The molecule has 0 aromatic rings. The molecule has 0 saturated heterocycles. The normalized spacial score (nSPS) is 45.4. The summed E-state index contributed by atoms with van der Waals surface area (Å²) in [7, 11) is 1.66. The molecular weight excluding hydrogens is 226 g/mol. The molecule has 2 unspecified atom stereocenters. The Kier molecular flexibility index (Phi) is 3.99. The summed E-state index contributed by atoms with van der Waals surface area (Å²) in [5.41, 5.74) is -1.52. The SMILES string of the molecule is COC1CCCCC1(O)C1(C#N)CCC(C)CC1. The Balaban J connectivity index is 2.27. The largest absolute Gasteiger partial charge is 0.386 e. The van der Waals surface area contributed by atoms with E-state index in [2.05, 4.69) is 13.0 Å². The van der Waals surface area contributed by atoms with Crippen molar-refractivity contribution in [1.82, 2.24) is 0 Å². The summed E-state index contributed by atoms with van der Waals surface area (Å²) in [6, 6.07) is 2.48. The van der Waals surface area contributed by atoms with Gasteiger partial charge in [0.15, 0.2) is 0 Å². The van der Waals surface area contributed by atoms with Gasteiger partial charge in [-0.15, -0.1) is 0 Å². The molecular formula is C15H25NO2. The number of rotatable bonds is 2. The molecule has 0 aromatic heterocycles. The predicted octanol–water partition coefficient (Wildman–Crippen LogP) is 3.03. The molecule has 0 aromatic carbocycles. The number of ether oxygens (including phenoxy) is 1. The third-order valence-corrected chi connectivity index (χ3v) is 5.26. The molecule has 2 aliphatic carbocycles. The van der Waals surface area contributed by atoms with Gasteiger partial charge < -0.3 is 9.84 Å². The Morgan fingerprint density at radius 3 is 2.39 bits per heavy atom. The van der Waals surface area contributed by atoms with Crippen LogP contribution in [-0.2, 0) is 4.74 Å². The third kappa shape index (κ3) is 2.06. The van der Waals surface area contributed by atoms with E-state index in [1.165, 1.54) is 0 Å². The van der Waals surface area contributed by atoms with Crippen LogP contribution in [0.15, 0.2) is 0 Å². The first-order chi connectivity index (χ1) is 8.58. The number of hydrogen-bond acceptors (Lipinski definition) is 3. The molecule has 2 atom stereocenters. The van der Waals surface area contributed by atoms with Crippen LogP contribution in [0.25, 0.3) is 0 Å². The highest BCUT2D eigenvalue weighted by molar-refractivity contribution is 5.16. The summed E-state index contributed by atoms with van der Waals surface area (Å²) in [4.78, 5) is 0. The van der Waals surface area contributed by atoms with Gasteiger partial charge in [-0.1, -0.05) is 19.8 Å². The van der Waals surface area contributed by atoms with E-state index in [1.807, 2.05) is 0 Å². The van der Waals surface area contributed by atoms with Crippen molar-refractivity contribution in [1.29, 1.82) is 5.26 Å². The van der Waals surface area contributed by atoms with Crippen molar-refractivity contribution >= 4 is 0 Å². The van der Waals surface area contributed by atoms with Crippen LogP contribution in [0.2, 0.25) is 0 Å². The molecule has 3 heteroatoms. The van der Waals surface area contributed by atoms with Crippen molar-refractivity contribution in [3.63, 3.8) is 0 Å². The van der Waals surface area contributed by atoms with Crippen LogP contribution in [0.5, 0.6) is 0 Å². The molecule has 0 radical (unpaired) electrons. The zero-order chi connectivity index (χ0) is 13.2. The minimum atomic E-state index is -0.936. The van der Waals surface area contributed by atoms with E-state index in [0.29, 0.717) is 12.3 Å². The molecule has 102 valence electrons. The Morgan fingerprint density at radius 2 is 1.83 bits per heavy atom. The Hall–Kier alpha value is -0.590. The number of aliphatic hydroxyl groups is 1. The maximum Gasteiger partial charge on any atom is 0.109 e. The summed E-state index contributed by atoms with van der Waals surface area (Å²) >= 11 is 0. The number of nitriles is 1. The molecule has 0 amide bonds. The highest BCUT2D eigenvalue weighted by Gasteiger charge is 2.56. The lowest BCUT2D eigenvalue weighted by molar-refractivity contribution is -0.181. The van der Waals surface area contributed by atoms with E-state index < -0.39 is 11.0 Å². The van der Waals surface area contributed by atoms with Gasteiger partial charge in [0.05, 0.1) is 17.6 Å². The summed E-state index contributed by atoms with van der Waals surface area (Å²) in [5, 5.41) is 20.8. The number of methoxy groups -OCH3 is 1. The van der Waals surface area contributed by atoms with Crippen LogP contribution in [0.1, 0.15) is 58.3 Å². The predicted molar refractivity (Wildman–Crippen MR) is 69.9 cm³/mol. The standard InChI is InChI=1S/C15H25NO2/c1-12-6-9-14(11-16,10-7-12)15(17)8-4-3-5-13(15)18-2/h12-13,17H,3-10H2,1-2H3. The zero-order valence-electron chi connectivity index (χ0n) is 11.6. The molecule has 18 heavy (non-hydrogen) atoms. The second-order valence-corrected chi connectivity index (χ2v) is 6.27. The summed E-state index contributed by atoms with van der Waals surface area (Å²) in [5.74, 6) is 0.680. The van der Waals surface area contributed by atoms with Gasteiger partial charge in [-0.3, -0.25) is 0 Å². The van der Waals surface area contributed by atoms with Crippen molar-refractivity contribution in [3.05, 3.63) is 0 Å². The van der Waals surface area contributed by atoms with Crippen LogP contribution >= 0.6 is 0 Å². The van der Waals surface area contributed by atoms with Gasteiger partial charge in [0.2, 0.25) is 0 Å². The molecule has 0 aliphatic heterocycles. The fraction of sp³-hybridized carbons (Fsp3) is 0.933. The van der Waals surface area contributed by atoms with Crippen molar-refractivity contribution in [3.8, 4) is 6.07 Å². The van der Waals surface area contributed by atoms with Gasteiger partial charge in [0.25, 0.3) is 0 Å². The lowest BCUT2D eigenvalue weighted by Gasteiger charge is -2.51. The second-order valence-electron chi connectivity index (χ2n) is 6.27. The highest BCUT2D eigenvalue weighted by Crippen LogP contribution is 2.52. The van der Waals surface area contributed by atoms with Crippen LogP contribution in [0, 0.1) is 22.7 Å². The second kappa shape index (κ2) is 5.19. The average Bonchev–Trinajstić information content (AvgIpc) is 2.40. The van der Waals surface area contributed by atoms with Crippen molar-refractivity contribution in [2.45, 2.75) is 70.0 Å². The fourth-order valence-electron chi connectivity index (χ4n) is 3.88. The van der Waals surface area contributed by atoms with Gasteiger partial charge in [0, 0.05) is 7.11 Å². The molecule has 0 bridgehead atoms. The molecule has 2 saturated carbocycles. The molecule has 0 spiro atoms. The van der Waals surface area contributed by atoms with Gasteiger partial charge in [0.1, 0.15) is 5.60 Å². The third-order valence-electron chi connectivity index (χ3n) is 5.26. The average molecular weight is 251 g/mol. The monoisotopic (exact) mass is 251 g/mol. The lowest BCUT2D eigenvalue weighted by Crippen LogP contribution is -2.59. The minimum Gasteiger partial charge on any atom is -0.386 e. The van der Waals surface area contributed by atoms with Crippen molar-refractivity contribution in [2.24, 2.45) is 11.3 Å². The first kappa shape index (κ1) is 13.8. The molecule has 0 heterocycles. The summed E-state index contributed by atoms with van der Waals surface area (Å²) in [6.07, 6.45) is 7.27. The molecule has 2 rings (SSSR count). The van der Waals surface area contributed by atoms with E-state index in [9.17, 15) is 10.4 Å². The highest BCUT2D eigenvalue weighted by atomic mass is 16.5. The maximum atomic E-state index is 11.1. The van der Waals surface area contributed by atoms with Gasteiger partial charge in [-0.05, 0) is 44.4 Å². The molecule has 2 aliphatic rings. The van der Waals surface area contributed by atoms with E-state index in [0.717, 1.165) is 44.9 Å². The van der Waals surface area contributed by atoms with E-state index >= 15 is 0 Å². The van der Waals surface area contributed by atoms with E-state index in [4.69, 9.17) is 4.74 Å². The maximum absolute atomic E-state index is 11.1. The fourth-order valence-corrected chi connectivity index (χ4v) is 3.88. The van der Waals surface area contributed by atoms with Crippen LogP contribution in [-0.4, -0.2) is 23.9 Å². The Labute approximate surface area is 110 Å². The van der Waals surface area contributed by atoms with E-state index in [-0.39, 0.29) is 6.10 Å². The van der Waals surface area contributed by atoms with Crippen LogP contribution in [0.4, 0.5) is 0 Å². The molecule has 3 nitrogen and oxygen atoms in total. The number of nitrogens with zero attached hydrogens (tertiary/aromatic N) is 1. The Morgan fingerprint density at radius 1 is 1.17 bits per heavy atom. The van der Waals surface area contributed by atoms with Gasteiger partial charge in [-0.2, -0.15) is 5.26 Å². The minimum absolute atomic E-state index is 0.167. The van der Waals surface area contributed by atoms with Crippen LogP contribution in [0.3, 0.4) is 0 Å². The quantitative estimate of drug-likeness (QED) is 0.820. The van der Waals surface area contributed by atoms with Gasteiger partial charge in [-0.25, -0.2) is 0 Å². The first-order valence-corrected chi connectivity index (χ1v) is 7.24. The summed E-state index contributed by atoms with van der Waals surface area (Å²) in [6.45, 7) is 2.24. The van der Waals surface area contributed by atoms with Crippen molar-refractivity contribution < 1.29 is 9.84 Å². The molecule has 2 fully saturated rings. The van der Waals surface area contributed by atoms with Crippen molar-refractivity contribution in [2.75, 3.05) is 7.11 Å². The van der Waals surface area contributed by atoms with Gasteiger partial charge >= 0.3 is 0 Å². The van der Waals surface area contributed by atoms with E-state index in [1.54, 1.807) is 7.11 Å². The summed E-state index contributed by atoms with van der Waals surface area (Å²) < 4.78 is 5.51. The topological polar surface area (TPSA) is 53.2 Å². The zero-order valence-corrected chi connectivity index (χ0v) is 11.6. The number of hydrogen-bond donors (Lipinski definition) is 1. The first-order valence-electron chi connectivity index (χ1n) is 7.24.